The van der Waals surface area contributed by atoms with Crippen molar-refractivity contribution in [2.75, 3.05) is 6.61 Å². The monoisotopic (exact) mass is 790 g/mol. The van der Waals surface area contributed by atoms with Crippen LogP contribution in [0.4, 0.5) is 0 Å². The van der Waals surface area contributed by atoms with Gasteiger partial charge in [-0.15, -0.1) is 0 Å². The quantitative estimate of drug-likeness (QED) is 0.0251. The summed E-state index contributed by atoms with van der Waals surface area (Å²) in [6.45, 7) is 6.15. The summed E-state index contributed by atoms with van der Waals surface area (Å²) in [5.74, 6) is -0.641. The first-order valence-corrected chi connectivity index (χ1v) is 22.7. The Morgan fingerprint density at radius 1 is 0.561 bits per heavy atom. The van der Waals surface area contributed by atoms with Gasteiger partial charge in [-0.1, -0.05) is 201 Å². The Labute approximate surface area is 349 Å². The van der Waals surface area contributed by atoms with E-state index in [1.807, 2.05) is 48.6 Å². The zero-order valence-corrected chi connectivity index (χ0v) is 36.4. The van der Waals surface area contributed by atoms with E-state index in [0.717, 1.165) is 83.5 Å². The molecule has 3 unspecified atom stereocenters. The molecule has 0 saturated carbocycles. The summed E-state index contributed by atoms with van der Waals surface area (Å²) < 4.78 is 5.82. The van der Waals surface area contributed by atoms with Gasteiger partial charge in [-0.2, -0.15) is 0 Å². The third kappa shape index (κ3) is 39.1. The van der Waals surface area contributed by atoms with Crippen LogP contribution >= 0.6 is 0 Å². The Morgan fingerprint density at radius 3 is 1.61 bits per heavy atom. The third-order valence-electron chi connectivity index (χ3n) is 9.44. The number of nitrogens with one attached hydrogen (secondary N) is 1. The third-order valence-corrected chi connectivity index (χ3v) is 9.44. The van der Waals surface area contributed by atoms with Crippen molar-refractivity contribution in [3.8, 4) is 0 Å². The summed E-state index contributed by atoms with van der Waals surface area (Å²) in [6.07, 6.45) is 58.8. The summed E-state index contributed by atoms with van der Waals surface area (Å²) >= 11 is 0. The Kier molecular flexibility index (Phi) is 41.0. The smallest absolute Gasteiger partial charge is 0.306 e. The molecule has 0 aliphatic carbocycles. The molecular weight excluding hydrogens is 707 g/mol. The number of rotatable bonds is 38. The normalized spacial score (nSPS) is 14.4. The summed E-state index contributed by atoms with van der Waals surface area (Å²) in [4.78, 5) is 25.9. The van der Waals surface area contributed by atoms with Crippen LogP contribution in [0.3, 0.4) is 0 Å². The molecule has 6 nitrogen and oxygen atoms in total. The second kappa shape index (κ2) is 43.6. The molecule has 0 bridgehead atoms. The topological polar surface area (TPSA) is 95.9 Å². The molecule has 0 aliphatic rings. The molecule has 0 aromatic carbocycles. The van der Waals surface area contributed by atoms with Crippen molar-refractivity contribution in [3.63, 3.8) is 0 Å². The van der Waals surface area contributed by atoms with E-state index in [9.17, 15) is 19.8 Å². The van der Waals surface area contributed by atoms with Gasteiger partial charge in [0.25, 0.3) is 0 Å². The molecule has 0 heterocycles. The summed E-state index contributed by atoms with van der Waals surface area (Å²) in [5.41, 5.74) is 0. The summed E-state index contributed by atoms with van der Waals surface area (Å²) in [7, 11) is 0. The standard InChI is InChI=1S/C51H83NO5/c1-4-7-10-13-16-19-22-24-25-27-28-30-33-36-39-42-47(57-51(56)44-41-38-35-32-29-26-23-20-17-14-11-8-5-2)45-50(55)52-48(46-53)49(54)43-40-37-34-31-21-18-15-12-9-6-3/h7-8,10-11,14,16-17,19-20,23-26,28-30,36,39,47-49,53-54H,4-6,9,12-13,15,18,21-22,27,31-35,37-38,40-46H2,1-3H3,(H,52,55)/b10-7-,11-8+,17-14+,19-16-,23-20-,25-24-,29-26-,30-28-,39-36-. The van der Waals surface area contributed by atoms with Gasteiger partial charge in [0, 0.05) is 12.8 Å². The highest BCUT2D eigenvalue weighted by atomic mass is 16.5. The first kappa shape index (κ1) is 53.5. The maximum atomic E-state index is 13.1. The van der Waals surface area contributed by atoms with Crippen molar-refractivity contribution in [2.24, 2.45) is 0 Å². The lowest BCUT2D eigenvalue weighted by Crippen LogP contribution is -2.46. The maximum Gasteiger partial charge on any atom is 0.306 e. The van der Waals surface area contributed by atoms with Gasteiger partial charge < -0.3 is 20.3 Å². The minimum atomic E-state index is -0.823. The van der Waals surface area contributed by atoms with Crippen molar-refractivity contribution in [1.82, 2.24) is 5.32 Å². The number of amides is 1. The van der Waals surface area contributed by atoms with Gasteiger partial charge in [-0.05, 0) is 64.2 Å². The minimum Gasteiger partial charge on any atom is -0.461 e. The van der Waals surface area contributed by atoms with E-state index < -0.39 is 18.2 Å². The van der Waals surface area contributed by atoms with Gasteiger partial charge in [0.2, 0.25) is 5.91 Å². The fraction of sp³-hybridized carbons (Fsp3) is 0.608. The van der Waals surface area contributed by atoms with E-state index >= 15 is 0 Å². The van der Waals surface area contributed by atoms with E-state index in [4.69, 9.17) is 4.74 Å². The number of unbranched alkanes of at least 4 members (excludes halogenated alkanes) is 12. The van der Waals surface area contributed by atoms with E-state index in [2.05, 4.69) is 86.8 Å². The van der Waals surface area contributed by atoms with Crippen LogP contribution in [0.1, 0.15) is 175 Å². The van der Waals surface area contributed by atoms with E-state index in [-0.39, 0.29) is 24.9 Å². The number of ether oxygens (including phenoxy) is 1. The number of hydrogen-bond acceptors (Lipinski definition) is 5. The van der Waals surface area contributed by atoms with Gasteiger partial charge in [-0.3, -0.25) is 9.59 Å². The highest BCUT2D eigenvalue weighted by Crippen LogP contribution is 2.15. The SMILES string of the molecule is CC/C=C\C/C=C\C/C=C\C/C=C\C/C=C\CC(CC(=O)NC(CO)C(O)CCCCCCCCCCCC)OC(=O)CCCCC\C=C/C=C\C=C\C=C\CC. The molecule has 6 heteroatoms. The molecule has 0 aliphatic heterocycles. The molecular formula is C51H83NO5. The zero-order chi connectivity index (χ0) is 41.7. The Bertz CT molecular complexity index is 1200. The van der Waals surface area contributed by atoms with Gasteiger partial charge in [-0.25, -0.2) is 0 Å². The van der Waals surface area contributed by atoms with Crippen LogP contribution in [-0.2, 0) is 14.3 Å². The van der Waals surface area contributed by atoms with Crippen molar-refractivity contribution >= 4 is 11.9 Å². The van der Waals surface area contributed by atoms with Gasteiger partial charge in [0.1, 0.15) is 6.10 Å². The molecule has 0 saturated heterocycles. The minimum absolute atomic E-state index is 0.0239. The number of esters is 1. The van der Waals surface area contributed by atoms with Crippen LogP contribution in [0.2, 0.25) is 0 Å². The lowest BCUT2D eigenvalue weighted by atomic mass is 10.0. The predicted molar refractivity (Wildman–Crippen MR) is 245 cm³/mol. The Hall–Kier alpha value is -3.48. The number of aliphatic hydroxyl groups excluding tert-OH is 2. The predicted octanol–water partition coefficient (Wildman–Crippen LogP) is 13.2. The van der Waals surface area contributed by atoms with E-state index in [0.29, 0.717) is 19.3 Å². The fourth-order valence-electron chi connectivity index (χ4n) is 6.05. The second-order valence-corrected chi connectivity index (χ2v) is 14.8. The fourth-order valence-corrected chi connectivity index (χ4v) is 6.05. The van der Waals surface area contributed by atoms with Gasteiger partial charge in [0.15, 0.2) is 0 Å². The largest absolute Gasteiger partial charge is 0.461 e. The van der Waals surface area contributed by atoms with Gasteiger partial charge >= 0.3 is 5.97 Å². The molecule has 0 aromatic heterocycles. The Morgan fingerprint density at radius 2 is 1.05 bits per heavy atom. The number of carbonyl (C=O) groups is 2. The maximum absolute atomic E-state index is 13.1. The molecule has 57 heavy (non-hydrogen) atoms. The molecule has 0 spiro atoms. The number of aliphatic hydroxyl groups is 2. The molecule has 0 aromatic rings. The zero-order valence-electron chi connectivity index (χ0n) is 36.4. The van der Waals surface area contributed by atoms with Crippen LogP contribution in [0.15, 0.2) is 109 Å². The second-order valence-electron chi connectivity index (χ2n) is 14.8. The molecule has 322 valence electrons. The van der Waals surface area contributed by atoms with Crippen molar-refractivity contribution in [1.29, 1.82) is 0 Å². The van der Waals surface area contributed by atoms with E-state index in [1.165, 1.54) is 44.9 Å². The lowest BCUT2D eigenvalue weighted by molar-refractivity contribution is -0.150. The van der Waals surface area contributed by atoms with Crippen molar-refractivity contribution in [2.45, 2.75) is 193 Å². The first-order valence-electron chi connectivity index (χ1n) is 22.7. The average molecular weight is 790 g/mol. The molecule has 0 rings (SSSR count). The van der Waals surface area contributed by atoms with Crippen molar-refractivity contribution < 1.29 is 24.5 Å². The van der Waals surface area contributed by atoms with Crippen LogP contribution in [-0.4, -0.2) is 46.9 Å². The number of carbonyl (C=O) groups excluding carboxylic acids is 2. The van der Waals surface area contributed by atoms with Crippen molar-refractivity contribution in [3.05, 3.63) is 109 Å². The highest BCUT2D eigenvalue weighted by Gasteiger charge is 2.23. The van der Waals surface area contributed by atoms with Crippen LogP contribution in [0.5, 0.6) is 0 Å². The molecule has 3 N–H and O–H groups in total. The lowest BCUT2D eigenvalue weighted by Gasteiger charge is -2.24. The molecule has 0 fully saturated rings. The molecule has 3 atom stereocenters. The summed E-state index contributed by atoms with van der Waals surface area (Å²) in [5, 5.41) is 23.6. The molecule has 1 amide bonds. The highest BCUT2D eigenvalue weighted by molar-refractivity contribution is 5.77. The van der Waals surface area contributed by atoms with Crippen LogP contribution in [0, 0.1) is 0 Å². The van der Waals surface area contributed by atoms with E-state index in [1.54, 1.807) is 0 Å². The molecule has 0 radical (unpaired) electrons. The number of hydrogen-bond donors (Lipinski definition) is 3. The van der Waals surface area contributed by atoms with Crippen LogP contribution in [0.25, 0.3) is 0 Å². The Balaban J connectivity index is 4.87. The average Bonchev–Trinajstić information content (AvgIpc) is 3.20. The van der Waals surface area contributed by atoms with Crippen LogP contribution < -0.4 is 5.32 Å². The first-order chi connectivity index (χ1) is 28.0. The van der Waals surface area contributed by atoms with Gasteiger partial charge in [0.05, 0.1) is 25.2 Å². The number of allylic oxidation sites excluding steroid dienone is 17. The summed E-state index contributed by atoms with van der Waals surface area (Å²) in [6, 6.07) is -0.745.